The van der Waals surface area contributed by atoms with Crippen LogP contribution in [0.2, 0.25) is 0 Å². The number of aliphatic carboxylic acids is 1. The Morgan fingerprint density at radius 3 is 2.53 bits per heavy atom. The van der Waals surface area contributed by atoms with Crippen LogP contribution >= 0.6 is 0 Å². The maximum absolute atomic E-state index is 11.2. The van der Waals surface area contributed by atoms with Gasteiger partial charge in [-0.1, -0.05) is 6.92 Å². The number of rotatable bonds is 3. The molecule has 0 bridgehead atoms. The zero-order chi connectivity index (χ0) is 14.2. The molecule has 3 N–H and O–H groups in total. The van der Waals surface area contributed by atoms with Gasteiger partial charge < -0.3 is 15.7 Å². The van der Waals surface area contributed by atoms with E-state index < -0.39 is 11.9 Å². The minimum atomic E-state index is -0.750. The predicted molar refractivity (Wildman–Crippen MR) is 72.2 cm³/mol. The van der Waals surface area contributed by atoms with Gasteiger partial charge in [0, 0.05) is 24.3 Å². The van der Waals surface area contributed by atoms with Gasteiger partial charge in [0.15, 0.2) is 0 Å². The van der Waals surface area contributed by atoms with E-state index >= 15 is 0 Å². The van der Waals surface area contributed by atoms with E-state index in [0.717, 1.165) is 11.3 Å². The zero-order valence-corrected chi connectivity index (χ0v) is 11.1. The summed E-state index contributed by atoms with van der Waals surface area (Å²) in [4.78, 5) is 24.3. The van der Waals surface area contributed by atoms with Gasteiger partial charge in [0.2, 0.25) is 5.91 Å². The number of aryl methyl sites for hydroxylation is 1. The highest BCUT2D eigenvalue weighted by Crippen LogP contribution is 2.29. The van der Waals surface area contributed by atoms with Crippen molar-refractivity contribution in [3.8, 4) is 0 Å². The Bertz CT molecular complexity index is 527. The normalized spacial score (nSPS) is 22.5. The summed E-state index contributed by atoms with van der Waals surface area (Å²) in [6.07, 6.45) is 0. The van der Waals surface area contributed by atoms with Gasteiger partial charge in [0.25, 0.3) is 0 Å². The van der Waals surface area contributed by atoms with E-state index in [1.807, 2.05) is 30.9 Å². The Kier molecular flexibility index (Phi) is 3.46. The minimum absolute atomic E-state index is 0.119. The number of benzene rings is 1. The molecule has 2 atom stereocenters. The third-order valence-corrected chi connectivity index (χ3v) is 3.77. The summed E-state index contributed by atoms with van der Waals surface area (Å²) < 4.78 is 0. The number of anilines is 1. The fraction of sp³-hybridized carbons (Fsp3) is 0.429. The molecule has 5 heteroatoms. The van der Waals surface area contributed by atoms with Crippen molar-refractivity contribution in [2.45, 2.75) is 13.8 Å². The molecule has 2 rings (SSSR count). The fourth-order valence-corrected chi connectivity index (χ4v) is 2.62. The number of nitrogens with two attached hydrogens (primary N) is 1. The summed E-state index contributed by atoms with van der Waals surface area (Å²) in [5.41, 5.74) is 7.54. The molecule has 0 radical (unpaired) electrons. The number of hydrogen-bond donors (Lipinski definition) is 2. The van der Waals surface area contributed by atoms with Crippen LogP contribution in [0.4, 0.5) is 5.69 Å². The standard InChI is InChI=1S/C14H18N2O3/c1-8-5-10(3-4-11(8)13(15)17)16-6-9(2)12(7-16)14(18)19/h3-5,9,12H,6-7H2,1-2H3,(H2,15,17)(H,18,19)/t9-,12-/m1/s1. The van der Waals surface area contributed by atoms with Gasteiger partial charge in [-0.25, -0.2) is 0 Å². The lowest BCUT2D eigenvalue weighted by atomic mass is 9.99. The van der Waals surface area contributed by atoms with Crippen LogP contribution in [0.25, 0.3) is 0 Å². The Morgan fingerprint density at radius 2 is 2.05 bits per heavy atom. The van der Waals surface area contributed by atoms with Gasteiger partial charge >= 0.3 is 5.97 Å². The molecule has 0 aliphatic carbocycles. The molecule has 1 fully saturated rings. The number of carboxylic acid groups (broad SMARTS) is 1. The summed E-state index contributed by atoms with van der Waals surface area (Å²) in [5, 5.41) is 9.13. The number of nitrogens with zero attached hydrogens (tertiary/aromatic N) is 1. The van der Waals surface area contributed by atoms with Gasteiger partial charge in [0.1, 0.15) is 0 Å². The van der Waals surface area contributed by atoms with Gasteiger partial charge in [0.05, 0.1) is 5.92 Å². The molecule has 102 valence electrons. The number of primary amides is 1. The molecule has 1 aromatic rings. The average Bonchev–Trinajstić information content (AvgIpc) is 2.70. The van der Waals surface area contributed by atoms with Crippen molar-refractivity contribution >= 4 is 17.6 Å². The van der Waals surface area contributed by atoms with Crippen molar-refractivity contribution in [3.05, 3.63) is 29.3 Å². The van der Waals surface area contributed by atoms with E-state index in [1.54, 1.807) is 6.07 Å². The lowest BCUT2D eigenvalue weighted by molar-refractivity contribution is -0.142. The first kappa shape index (κ1) is 13.4. The fourth-order valence-electron chi connectivity index (χ4n) is 2.62. The molecule has 19 heavy (non-hydrogen) atoms. The lowest BCUT2D eigenvalue weighted by Gasteiger charge is -2.19. The van der Waals surface area contributed by atoms with Crippen molar-refractivity contribution in [3.63, 3.8) is 0 Å². The maximum Gasteiger partial charge on any atom is 0.308 e. The van der Waals surface area contributed by atoms with Crippen LogP contribution < -0.4 is 10.6 Å². The SMILES string of the molecule is Cc1cc(N2C[C@@H](C)[C@H](C(=O)O)C2)ccc1C(N)=O. The zero-order valence-electron chi connectivity index (χ0n) is 11.1. The Balaban J connectivity index is 2.22. The minimum Gasteiger partial charge on any atom is -0.481 e. The summed E-state index contributed by atoms with van der Waals surface area (Å²) in [7, 11) is 0. The number of amides is 1. The molecule has 0 spiro atoms. The Hall–Kier alpha value is -2.04. The number of hydrogen-bond acceptors (Lipinski definition) is 3. The molecule has 1 amide bonds. The Morgan fingerprint density at radius 1 is 1.37 bits per heavy atom. The van der Waals surface area contributed by atoms with Crippen molar-refractivity contribution in [2.24, 2.45) is 17.6 Å². The molecule has 1 saturated heterocycles. The van der Waals surface area contributed by atoms with Crippen molar-refractivity contribution in [2.75, 3.05) is 18.0 Å². The first-order valence-corrected chi connectivity index (χ1v) is 6.28. The summed E-state index contributed by atoms with van der Waals surface area (Å²) in [6.45, 7) is 5.00. The monoisotopic (exact) mass is 262 g/mol. The molecule has 1 aliphatic heterocycles. The van der Waals surface area contributed by atoms with Gasteiger partial charge in [-0.05, 0) is 36.6 Å². The summed E-state index contributed by atoms with van der Waals surface area (Å²) in [5.74, 6) is -1.41. The Labute approximate surface area is 112 Å². The highest BCUT2D eigenvalue weighted by atomic mass is 16.4. The smallest absolute Gasteiger partial charge is 0.308 e. The molecule has 1 aliphatic rings. The number of carbonyl (C=O) groups is 2. The van der Waals surface area contributed by atoms with Gasteiger partial charge in [-0.3, -0.25) is 9.59 Å². The maximum atomic E-state index is 11.2. The first-order valence-electron chi connectivity index (χ1n) is 6.28. The second-order valence-corrected chi connectivity index (χ2v) is 5.19. The van der Waals surface area contributed by atoms with Crippen LogP contribution in [0.3, 0.4) is 0 Å². The van der Waals surface area contributed by atoms with E-state index in [2.05, 4.69) is 0 Å². The average molecular weight is 262 g/mol. The summed E-state index contributed by atoms with van der Waals surface area (Å²) in [6, 6.07) is 5.41. The quantitative estimate of drug-likeness (QED) is 0.858. The van der Waals surface area contributed by atoms with Gasteiger partial charge in [-0.2, -0.15) is 0 Å². The molecule has 0 saturated carbocycles. The lowest BCUT2D eigenvalue weighted by Crippen LogP contribution is -2.23. The molecule has 5 nitrogen and oxygen atoms in total. The molecular formula is C14H18N2O3. The molecular weight excluding hydrogens is 244 g/mol. The third kappa shape index (κ3) is 2.54. The van der Waals surface area contributed by atoms with Crippen LogP contribution in [0, 0.1) is 18.8 Å². The van der Waals surface area contributed by atoms with E-state index in [0.29, 0.717) is 18.7 Å². The number of carboxylic acids is 1. The van der Waals surface area contributed by atoms with E-state index in [4.69, 9.17) is 10.8 Å². The van der Waals surface area contributed by atoms with Crippen molar-refractivity contribution < 1.29 is 14.7 Å². The predicted octanol–water partition coefficient (Wildman–Crippen LogP) is 1.25. The number of carbonyl (C=O) groups excluding carboxylic acids is 1. The van der Waals surface area contributed by atoms with E-state index in [9.17, 15) is 9.59 Å². The first-order chi connectivity index (χ1) is 8.90. The van der Waals surface area contributed by atoms with Crippen LogP contribution in [0.15, 0.2) is 18.2 Å². The largest absolute Gasteiger partial charge is 0.481 e. The second-order valence-electron chi connectivity index (χ2n) is 5.19. The highest BCUT2D eigenvalue weighted by Gasteiger charge is 2.34. The second kappa shape index (κ2) is 4.91. The van der Waals surface area contributed by atoms with Crippen LogP contribution in [-0.4, -0.2) is 30.1 Å². The molecule has 1 heterocycles. The topological polar surface area (TPSA) is 83.6 Å². The van der Waals surface area contributed by atoms with E-state index in [1.165, 1.54) is 0 Å². The highest BCUT2D eigenvalue weighted by molar-refractivity contribution is 5.94. The summed E-state index contributed by atoms with van der Waals surface area (Å²) >= 11 is 0. The molecule has 1 aromatic carbocycles. The van der Waals surface area contributed by atoms with Crippen molar-refractivity contribution in [1.82, 2.24) is 0 Å². The van der Waals surface area contributed by atoms with Gasteiger partial charge in [-0.15, -0.1) is 0 Å². The van der Waals surface area contributed by atoms with Crippen LogP contribution in [0.5, 0.6) is 0 Å². The van der Waals surface area contributed by atoms with Crippen LogP contribution in [0.1, 0.15) is 22.8 Å². The van der Waals surface area contributed by atoms with Crippen molar-refractivity contribution in [1.29, 1.82) is 0 Å². The molecule has 0 aromatic heterocycles. The van der Waals surface area contributed by atoms with E-state index in [-0.39, 0.29) is 11.8 Å². The van der Waals surface area contributed by atoms with Crippen LogP contribution in [-0.2, 0) is 4.79 Å². The molecule has 0 unspecified atom stereocenters. The third-order valence-electron chi connectivity index (χ3n) is 3.77.